The van der Waals surface area contributed by atoms with Crippen molar-refractivity contribution in [3.63, 3.8) is 0 Å². The monoisotopic (exact) mass is 380 g/mol. The van der Waals surface area contributed by atoms with Crippen LogP contribution < -0.4 is 21.5 Å². The molecule has 2 aromatic carbocycles. The van der Waals surface area contributed by atoms with Crippen molar-refractivity contribution >= 4 is 40.0 Å². The van der Waals surface area contributed by atoms with Gasteiger partial charge in [-0.3, -0.25) is 0 Å². The van der Waals surface area contributed by atoms with Crippen molar-refractivity contribution in [2.75, 3.05) is 11.1 Å². The first-order chi connectivity index (χ1) is 14.3. The molecule has 0 bridgehead atoms. The van der Waals surface area contributed by atoms with Gasteiger partial charge in [0.1, 0.15) is 0 Å². The van der Waals surface area contributed by atoms with E-state index < -0.39 is 0 Å². The SMILES string of the molecule is Nc1ccc(Nc2ncc3cnn(C4CC5=c6c4cccc6=CCC5)c3n2)cc1. The minimum atomic E-state index is 0.184. The van der Waals surface area contributed by atoms with Gasteiger partial charge in [0.25, 0.3) is 0 Å². The molecular weight excluding hydrogens is 360 g/mol. The van der Waals surface area contributed by atoms with Crippen molar-refractivity contribution in [1.82, 2.24) is 19.7 Å². The van der Waals surface area contributed by atoms with Gasteiger partial charge in [-0.15, -0.1) is 0 Å². The number of nitrogen functional groups attached to an aromatic ring is 1. The minimum absolute atomic E-state index is 0.184. The molecule has 0 spiro atoms. The van der Waals surface area contributed by atoms with Crippen LogP contribution in [0.2, 0.25) is 0 Å². The lowest BCUT2D eigenvalue weighted by Crippen LogP contribution is -2.30. The number of hydrogen-bond acceptors (Lipinski definition) is 5. The van der Waals surface area contributed by atoms with Gasteiger partial charge in [-0.1, -0.05) is 29.8 Å². The molecule has 0 saturated heterocycles. The predicted octanol–water partition coefficient (Wildman–Crippen LogP) is 2.87. The third kappa shape index (κ3) is 2.60. The largest absolute Gasteiger partial charge is 0.399 e. The number of nitrogens with zero attached hydrogens (tertiary/aromatic N) is 4. The highest BCUT2D eigenvalue weighted by Crippen LogP contribution is 2.33. The highest BCUT2D eigenvalue weighted by Gasteiger charge is 2.28. The Kier molecular flexibility index (Phi) is 3.47. The van der Waals surface area contributed by atoms with E-state index in [4.69, 9.17) is 15.8 Å². The Morgan fingerprint density at radius 3 is 2.86 bits per heavy atom. The minimum Gasteiger partial charge on any atom is -0.399 e. The Hall–Kier alpha value is -3.67. The van der Waals surface area contributed by atoms with Gasteiger partial charge in [0, 0.05) is 17.6 Å². The van der Waals surface area contributed by atoms with Crippen LogP contribution in [0.15, 0.2) is 54.9 Å². The van der Waals surface area contributed by atoms with Crippen LogP contribution in [0.25, 0.3) is 22.7 Å². The van der Waals surface area contributed by atoms with Crippen LogP contribution in [0.1, 0.15) is 30.9 Å². The lowest BCUT2D eigenvalue weighted by atomic mass is 10.0. The van der Waals surface area contributed by atoms with Crippen LogP contribution in [0.3, 0.4) is 0 Å². The molecule has 0 amide bonds. The Bertz CT molecular complexity index is 1370. The average molecular weight is 380 g/mol. The number of hydrogen-bond donors (Lipinski definition) is 2. The second kappa shape index (κ2) is 6.17. The molecule has 0 aliphatic heterocycles. The van der Waals surface area contributed by atoms with E-state index in [9.17, 15) is 0 Å². The smallest absolute Gasteiger partial charge is 0.229 e. The van der Waals surface area contributed by atoms with Gasteiger partial charge in [-0.2, -0.15) is 10.1 Å². The van der Waals surface area contributed by atoms with Gasteiger partial charge in [0.15, 0.2) is 5.65 Å². The van der Waals surface area contributed by atoms with Crippen molar-refractivity contribution in [1.29, 1.82) is 0 Å². The zero-order valence-electron chi connectivity index (χ0n) is 15.8. The predicted molar refractivity (Wildman–Crippen MR) is 115 cm³/mol. The van der Waals surface area contributed by atoms with Crippen LogP contribution in [-0.4, -0.2) is 19.7 Å². The first-order valence-corrected chi connectivity index (χ1v) is 9.90. The van der Waals surface area contributed by atoms with Crippen molar-refractivity contribution in [2.24, 2.45) is 0 Å². The van der Waals surface area contributed by atoms with Crippen molar-refractivity contribution in [3.8, 4) is 0 Å². The maximum absolute atomic E-state index is 5.77. The second-order valence-corrected chi connectivity index (χ2v) is 7.69. The summed E-state index contributed by atoms with van der Waals surface area (Å²) in [5, 5.41) is 11.7. The molecule has 4 aromatic rings. The molecule has 1 unspecified atom stereocenters. The first kappa shape index (κ1) is 16.3. The van der Waals surface area contributed by atoms with Crippen LogP contribution in [-0.2, 0) is 0 Å². The van der Waals surface area contributed by atoms with Gasteiger partial charge in [-0.25, -0.2) is 9.67 Å². The zero-order valence-corrected chi connectivity index (χ0v) is 15.8. The Balaban J connectivity index is 1.42. The van der Waals surface area contributed by atoms with E-state index in [1.807, 2.05) is 36.7 Å². The lowest BCUT2D eigenvalue weighted by Gasteiger charge is -2.14. The van der Waals surface area contributed by atoms with E-state index in [1.54, 1.807) is 5.57 Å². The highest BCUT2D eigenvalue weighted by molar-refractivity contribution is 5.76. The third-order valence-corrected chi connectivity index (χ3v) is 5.89. The Morgan fingerprint density at radius 2 is 1.97 bits per heavy atom. The van der Waals surface area contributed by atoms with E-state index in [0.29, 0.717) is 5.95 Å². The topological polar surface area (TPSA) is 81.6 Å². The van der Waals surface area contributed by atoms with Gasteiger partial charge in [-0.05, 0) is 59.5 Å². The van der Waals surface area contributed by atoms with Crippen molar-refractivity contribution < 1.29 is 0 Å². The summed E-state index contributed by atoms with van der Waals surface area (Å²) in [5.41, 5.74) is 11.1. The summed E-state index contributed by atoms with van der Waals surface area (Å²) in [5.74, 6) is 0.554. The van der Waals surface area contributed by atoms with E-state index in [-0.39, 0.29) is 6.04 Å². The van der Waals surface area contributed by atoms with E-state index in [1.165, 1.54) is 16.0 Å². The molecule has 0 radical (unpaired) electrons. The third-order valence-electron chi connectivity index (χ3n) is 5.89. The molecular formula is C23H20N6. The molecule has 3 N–H and O–H groups in total. The molecule has 2 aliphatic carbocycles. The summed E-state index contributed by atoms with van der Waals surface area (Å²) in [6, 6.07) is 14.3. The lowest BCUT2D eigenvalue weighted by molar-refractivity contribution is 0.554. The van der Waals surface area contributed by atoms with Gasteiger partial charge >= 0.3 is 0 Å². The number of fused-ring (bicyclic) bond motifs is 1. The standard InChI is InChI=1S/C23H20N6/c24-17-7-9-18(10-8-17)27-23-25-12-16-13-26-29(22(16)28-23)20-11-15-5-1-3-14-4-2-6-19(20)21(14)15/h2-4,6-10,12-13,20H,1,5,11,24H2,(H,25,27,28). The van der Waals surface area contributed by atoms with Crippen LogP contribution in [0.4, 0.5) is 17.3 Å². The zero-order chi connectivity index (χ0) is 19.4. The number of aromatic nitrogens is 4. The summed E-state index contributed by atoms with van der Waals surface area (Å²) in [6.07, 6.45) is 9.29. The van der Waals surface area contributed by atoms with E-state index >= 15 is 0 Å². The van der Waals surface area contributed by atoms with Gasteiger partial charge in [0.2, 0.25) is 5.95 Å². The number of rotatable bonds is 3. The quantitative estimate of drug-likeness (QED) is 0.534. The molecule has 29 heavy (non-hydrogen) atoms. The second-order valence-electron chi connectivity index (χ2n) is 7.69. The Labute approximate surface area is 167 Å². The number of anilines is 3. The first-order valence-electron chi connectivity index (χ1n) is 9.90. The molecule has 1 atom stereocenters. The van der Waals surface area contributed by atoms with Crippen LogP contribution in [0, 0.1) is 0 Å². The molecule has 2 aliphatic rings. The number of benzene rings is 2. The highest BCUT2D eigenvalue weighted by atomic mass is 15.3. The summed E-state index contributed by atoms with van der Waals surface area (Å²) in [4.78, 5) is 9.24. The maximum Gasteiger partial charge on any atom is 0.229 e. The number of nitrogens with one attached hydrogen (secondary N) is 1. The fraction of sp³-hybridized carbons (Fsp3) is 0.174. The van der Waals surface area contributed by atoms with E-state index in [2.05, 4.69) is 39.3 Å². The normalized spacial score (nSPS) is 17.2. The molecule has 0 fully saturated rings. The average Bonchev–Trinajstić information content (AvgIpc) is 3.32. The van der Waals surface area contributed by atoms with Gasteiger partial charge in [0.05, 0.1) is 17.6 Å². The van der Waals surface area contributed by atoms with Crippen LogP contribution >= 0.6 is 0 Å². The fourth-order valence-corrected chi connectivity index (χ4v) is 4.56. The Morgan fingerprint density at radius 1 is 1.07 bits per heavy atom. The molecule has 142 valence electrons. The summed E-state index contributed by atoms with van der Waals surface area (Å²) in [7, 11) is 0. The maximum atomic E-state index is 5.77. The fourth-order valence-electron chi connectivity index (χ4n) is 4.56. The summed E-state index contributed by atoms with van der Waals surface area (Å²) >= 11 is 0. The molecule has 6 nitrogen and oxygen atoms in total. The molecule has 6 rings (SSSR count). The van der Waals surface area contributed by atoms with Crippen molar-refractivity contribution in [3.05, 3.63) is 70.9 Å². The van der Waals surface area contributed by atoms with E-state index in [0.717, 1.165) is 41.7 Å². The molecule has 6 heteroatoms. The molecule has 0 saturated carbocycles. The van der Waals surface area contributed by atoms with Crippen molar-refractivity contribution in [2.45, 2.75) is 25.3 Å². The number of nitrogens with two attached hydrogens (primary N) is 1. The molecule has 2 heterocycles. The summed E-state index contributed by atoms with van der Waals surface area (Å²) in [6.45, 7) is 0. The van der Waals surface area contributed by atoms with Gasteiger partial charge < -0.3 is 11.1 Å². The van der Waals surface area contributed by atoms with Crippen LogP contribution in [0.5, 0.6) is 0 Å². The molecule has 2 aromatic heterocycles. The summed E-state index contributed by atoms with van der Waals surface area (Å²) < 4.78 is 2.06.